The number of halogens is 2. The van der Waals surface area contributed by atoms with Crippen LogP contribution in [0.2, 0.25) is 0 Å². The van der Waals surface area contributed by atoms with E-state index >= 15 is 0 Å². The molecule has 0 aliphatic heterocycles. The van der Waals surface area contributed by atoms with E-state index in [-0.39, 0.29) is 5.69 Å². The van der Waals surface area contributed by atoms with Gasteiger partial charge in [-0.1, -0.05) is 0 Å². The van der Waals surface area contributed by atoms with Gasteiger partial charge in [-0.25, -0.2) is 8.78 Å². The highest BCUT2D eigenvalue weighted by molar-refractivity contribution is 6.05. The third kappa shape index (κ3) is 3.56. The first-order valence-electron chi connectivity index (χ1n) is 8.32. The third-order valence-corrected chi connectivity index (χ3v) is 4.40. The number of hydrogen-bond acceptors (Lipinski definition) is 3. The average Bonchev–Trinajstić information content (AvgIpc) is 2.99. The number of nitrogens with one attached hydrogen (secondary N) is 1. The van der Waals surface area contributed by atoms with E-state index in [2.05, 4.69) is 5.32 Å². The first-order chi connectivity index (χ1) is 12.8. The molecule has 1 heterocycles. The summed E-state index contributed by atoms with van der Waals surface area (Å²) in [7, 11) is 1.54. The van der Waals surface area contributed by atoms with E-state index in [1.54, 1.807) is 20.3 Å². The Hall–Kier alpha value is -3.15. The molecule has 0 saturated carbocycles. The SMILES string of the molecule is COc1c(/C(C)=C/C(=O)Nc2cc(F)ccc2F)cc2c(C)coc2c1C. The Labute approximate surface area is 155 Å². The molecule has 0 fully saturated rings. The minimum atomic E-state index is -0.709. The van der Waals surface area contributed by atoms with Gasteiger partial charge >= 0.3 is 0 Å². The number of carbonyl (C=O) groups excluding carboxylic acids is 1. The maximum Gasteiger partial charge on any atom is 0.248 e. The molecule has 1 N–H and O–H groups in total. The van der Waals surface area contributed by atoms with Gasteiger partial charge < -0.3 is 14.5 Å². The van der Waals surface area contributed by atoms with Crippen LogP contribution in [0.15, 0.2) is 41.0 Å². The van der Waals surface area contributed by atoms with Gasteiger partial charge in [0.15, 0.2) is 0 Å². The molecule has 0 aliphatic carbocycles. The van der Waals surface area contributed by atoms with Gasteiger partial charge in [-0.15, -0.1) is 0 Å². The van der Waals surface area contributed by atoms with Crippen molar-refractivity contribution in [1.29, 1.82) is 0 Å². The van der Waals surface area contributed by atoms with Crippen LogP contribution in [0.25, 0.3) is 16.5 Å². The Morgan fingerprint density at radius 3 is 2.67 bits per heavy atom. The number of fused-ring (bicyclic) bond motifs is 1. The third-order valence-electron chi connectivity index (χ3n) is 4.40. The standard InChI is InChI=1S/C21H19F2NO3/c1-11(7-19(25)24-18-8-14(22)5-6-17(18)23)15-9-16-12(2)10-27-21(16)13(3)20(15)26-4/h5-10H,1-4H3,(H,24,25)/b11-7+. The van der Waals surface area contributed by atoms with Gasteiger partial charge in [0.25, 0.3) is 0 Å². The van der Waals surface area contributed by atoms with Gasteiger partial charge in [0.2, 0.25) is 5.91 Å². The monoisotopic (exact) mass is 371 g/mol. The second-order valence-corrected chi connectivity index (χ2v) is 6.32. The number of allylic oxidation sites excluding steroid dienone is 1. The number of rotatable bonds is 4. The molecule has 3 aromatic rings. The fourth-order valence-electron chi connectivity index (χ4n) is 3.03. The molecule has 0 atom stereocenters. The van der Waals surface area contributed by atoms with Crippen molar-refractivity contribution in [3.63, 3.8) is 0 Å². The van der Waals surface area contributed by atoms with Crippen molar-refractivity contribution in [3.05, 3.63) is 64.9 Å². The van der Waals surface area contributed by atoms with Crippen LogP contribution in [0.1, 0.15) is 23.6 Å². The molecule has 1 aromatic heterocycles. The number of furan rings is 1. The minimum absolute atomic E-state index is 0.215. The van der Waals surface area contributed by atoms with Crippen molar-refractivity contribution in [3.8, 4) is 5.75 Å². The van der Waals surface area contributed by atoms with Gasteiger partial charge in [0, 0.05) is 28.7 Å². The van der Waals surface area contributed by atoms with Crippen LogP contribution in [-0.4, -0.2) is 13.0 Å². The smallest absolute Gasteiger partial charge is 0.248 e. The van der Waals surface area contributed by atoms with E-state index in [4.69, 9.17) is 9.15 Å². The number of carbonyl (C=O) groups is 1. The zero-order valence-electron chi connectivity index (χ0n) is 15.4. The summed E-state index contributed by atoms with van der Waals surface area (Å²) in [6.45, 7) is 5.56. The van der Waals surface area contributed by atoms with Gasteiger partial charge in [-0.05, 0) is 50.1 Å². The normalized spacial score (nSPS) is 11.7. The maximum atomic E-state index is 13.7. The number of aryl methyl sites for hydroxylation is 2. The van der Waals surface area contributed by atoms with E-state index in [1.165, 1.54) is 6.08 Å². The fraction of sp³-hybridized carbons (Fsp3) is 0.190. The molecule has 0 unspecified atom stereocenters. The Kier molecular flexibility index (Phi) is 4.99. The first kappa shape index (κ1) is 18.6. The van der Waals surface area contributed by atoms with Crippen molar-refractivity contribution >= 4 is 28.1 Å². The van der Waals surface area contributed by atoms with Crippen molar-refractivity contribution in [1.82, 2.24) is 0 Å². The van der Waals surface area contributed by atoms with Gasteiger partial charge in [-0.2, -0.15) is 0 Å². The summed E-state index contributed by atoms with van der Waals surface area (Å²) in [6.07, 6.45) is 2.99. The number of hydrogen-bond donors (Lipinski definition) is 1. The highest BCUT2D eigenvalue weighted by Gasteiger charge is 2.17. The largest absolute Gasteiger partial charge is 0.496 e. The van der Waals surface area contributed by atoms with Crippen molar-refractivity contribution < 1.29 is 22.7 Å². The fourth-order valence-corrected chi connectivity index (χ4v) is 3.03. The second kappa shape index (κ2) is 7.23. The van der Waals surface area contributed by atoms with Crippen molar-refractivity contribution in [2.75, 3.05) is 12.4 Å². The van der Waals surface area contributed by atoms with E-state index in [1.807, 2.05) is 19.9 Å². The van der Waals surface area contributed by atoms with Crippen LogP contribution in [0.3, 0.4) is 0 Å². The molecule has 0 radical (unpaired) electrons. The number of ether oxygens (including phenoxy) is 1. The number of anilines is 1. The lowest BCUT2D eigenvalue weighted by molar-refractivity contribution is -0.111. The van der Waals surface area contributed by atoms with Crippen molar-refractivity contribution in [2.45, 2.75) is 20.8 Å². The van der Waals surface area contributed by atoms with Crippen LogP contribution in [-0.2, 0) is 4.79 Å². The molecule has 3 rings (SSSR count). The van der Waals surface area contributed by atoms with Crippen LogP contribution in [0.4, 0.5) is 14.5 Å². The van der Waals surface area contributed by atoms with Crippen LogP contribution < -0.4 is 10.1 Å². The lowest BCUT2D eigenvalue weighted by Crippen LogP contribution is -2.10. The molecule has 6 heteroatoms. The quantitative estimate of drug-likeness (QED) is 0.627. The van der Waals surface area contributed by atoms with E-state index in [0.29, 0.717) is 11.3 Å². The van der Waals surface area contributed by atoms with E-state index in [0.717, 1.165) is 45.9 Å². The summed E-state index contributed by atoms with van der Waals surface area (Å²) in [5, 5.41) is 3.28. The molecule has 4 nitrogen and oxygen atoms in total. The molecule has 0 spiro atoms. The number of methoxy groups -OCH3 is 1. The molecule has 27 heavy (non-hydrogen) atoms. The second-order valence-electron chi connectivity index (χ2n) is 6.32. The topological polar surface area (TPSA) is 51.5 Å². The lowest BCUT2D eigenvalue weighted by Gasteiger charge is -2.13. The summed E-state index contributed by atoms with van der Waals surface area (Å²) in [6, 6.07) is 4.77. The molecule has 140 valence electrons. The number of amides is 1. The Bertz CT molecular complexity index is 1070. The Balaban J connectivity index is 1.99. The summed E-state index contributed by atoms with van der Waals surface area (Å²) in [5.41, 5.74) is 3.65. The molecule has 1 amide bonds. The minimum Gasteiger partial charge on any atom is -0.496 e. The zero-order chi connectivity index (χ0) is 19.7. The molecule has 0 saturated heterocycles. The van der Waals surface area contributed by atoms with Crippen LogP contribution >= 0.6 is 0 Å². The van der Waals surface area contributed by atoms with Crippen LogP contribution in [0.5, 0.6) is 5.75 Å². The lowest BCUT2D eigenvalue weighted by atomic mass is 9.98. The predicted molar refractivity (Wildman–Crippen MR) is 101 cm³/mol. The van der Waals surface area contributed by atoms with Crippen LogP contribution in [0, 0.1) is 25.5 Å². The molecule has 0 bridgehead atoms. The predicted octanol–water partition coefficient (Wildman–Crippen LogP) is 5.38. The van der Waals surface area contributed by atoms with Gasteiger partial charge in [-0.3, -0.25) is 4.79 Å². The summed E-state index contributed by atoms with van der Waals surface area (Å²) in [4.78, 5) is 12.3. The first-order valence-corrected chi connectivity index (χ1v) is 8.32. The molecular weight excluding hydrogens is 352 g/mol. The highest BCUT2D eigenvalue weighted by Crippen LogP contribution is 2.37. The summed E-state index contributed by atoms with van der Waals surface area (Å²) >= 11 is 0. The summed E-state index contributed by atoms with van der Waals surface area (Å²) in [5.74, 6) is -1.32. The summed E-state index contributed by atoms with van der Waals surface area (Å²) < 4.78 is 38.1. The molecule has 2 aromatic carbocycles. The van der Waals surface area contributed by atoms with Gasteiger partial charge in [0.1, 0.15) is 23.0 Å². The number of benzene rings is 2. The average molecular weight is 371 g/mol. The highest BCUT2D eigenvalue weighted by atomic mass is 19.1. The molecular formula is C21H19F2NO3. The maximum absolute atomic E-state index is 13.7. The molecule has 0 aliphatic rings. The van der Waals surface area contributed by atoms with E-state index in [9.17, 15) is 13.6 Å². The van der Waals surface area contributed by atoms with Crippen molar-refractivity contribution in [2.24, 2.45) is 0 Å². The Morgan fingerprint density at radius 2 is 1.96 bits per heavy atom. The van der Waals surface area contributed by atoms with E-state index < -0.39 is 17.5 Å². The zero-order valence-corrected chi connectivity index (χ0v) is 15.4. The Morgan fingerprint density at radius 1 is 1.22 bits per heavy atom. The van der Waals surface area contributed by atoms with Gasteiger partial charge in [0.05, 0.1) is 19.1 Å².